The minimum absolute atomic E-state index is 0. The molecule has 1 aromatic carbocycles. The molecule has 1 rings (SSSR count). The average Bonchev–Trinajstić information content (AvgIpc) is 1.77. The zero-order chi connectivity index (χ0) is 5.98. The van der Waals surface area contributed by atoms with E-state index in [0.717, 1.165) is 0 Å². The van der Waals surface area contributed by atoms with Crippen LogP contribution in [0.4, 0.5) is 4.39 Å². The van der Waals surface area contributed by atoms with Crippen LogP contribution in [0.5, 0.6) is 5.75 Å². The first-order valence-electron chi connectivity index (χ1n) is 2.24. The molecule has 0 aliphatic carbocycles. The molecule has 0 saturated heterocycles. The van der Waals surface area contributed by atoms with Crippen molar-refractivity contribution in [3.05, 3.63) is 30.1 Å². The van der Waals surface area contributed by atoms with Crippen LogP contribution in [0.3, 0.4) is 0 Å². The fourth-order valence-corrected chi connectivity index (χ4v) is 0.452. The summed E-state index contributed by atoms with van der Waals surface area (Å²) in [5.74, 6) is -0.875. The molecule has 1 aromatic rings. The molecule has 1 nitrogen and oxygen atoms in total. The van der Waals surface area contributed by atoms with Crippen LogP contribution in [0.25, 0.3) is 0 Å². The predicted octanol–water partition coefficient (Wildman–Crippen LogP) is -4.84. The van der Waals surface area contributed by atoms with Gasteiger partial charge in [-0.1, -0.05) is 12.1 Å². The van der Waals surface area contributed by atoms with Crippen LogP contribution in [0.15, 0.2) is 24.3 Å². The number of benzene rings is 1. The van der Waals surface area contributed by atoms with E-state index in [1.165, 1.54) is 18.2 Å². The molecule has 0 aromatic heterocycles. The predicted molar refractivity (Wildman–Crippen MR) is 33.8 cm³/mol. The summed E-state index contributed by atoms with van der Waals surface area (Å²) in [6.45, 7) is 0. The van der Waals surface area contributed by atoms with Crippen molar-refractivity contribution < 1.29 is 34.3 Å². The molecular formula is C6H5Cl2FMgO. The van der Waals surface area contributed by atoms with Crippen LogP contribution in [0, 0.1) is 5.82 Å². The maximum atomic E-state index is 12.1. The normalized spacial score (nSPS) is 6.64. The zero-order valence-corrected chi connectivity index (χ0v) is 8.52. The second-order valence-corrected chi connectivity index (χ2v) is 1.45. The maximum Gasteiger partial charge on any atom is 2.00 e. The van der Waals surface area contributed by atoms with E-state index in [-0.39, 0.29) is 53.6 Å². The van der Waals surface area contributed by atoms with Crippen molar-refractivity contribution in [3.8, 4) is 5.75 Å². The van der Waals surface area contributed by atoms with Gasteiger partial charge in [-0.3, -0.25) is 0 Å². The van der Waals surface area contributed by atoms with Crippen LogP contribution in [0.1, 0.15) is 0 Å². The van der Waals surface area contributed by atoms with Crippen molar-refractivity contribution in [1.82, 2.24) is 0 Å². The molecule has 0 saturated carbocycles. The van der Waals surface area contributed by atoms with E-state index in [1.54, 1.807) is 6.07 Å². The first kappa shape index (κ1) is 17.4. The summed E-state index contributed by atoms with van der Waals surface area (Å²) in [5.41, 5.74) is 0. The minimum atomic E-state index is -0.576. The third-order valence-electron chi connectivity index (χ3n) is 0.852. The molecule has 0 heterocycles. The zero-order valence-electron chi connectivity index (χ0n) is 5.60. The number of phenolic OH excluding ortho intramolecular Hbond substituents is 1. The van der Waals surface area contributed by atoms with Crippen LogP contribution >= 0.6 is 0 Å². The van der Waals surface area contributed by atoms with Gasteiger partial charge in [0.15, 0.2) is 11.6 Å². The van der Waals surface area contributed by atoms with E-state index in [2.05, 4.69) is 0 Å². The minimum Gasteiger partial charge on any atom is -1.00 e. The molecule has 0 fully saturated rings. The van der Waals surface area contributed by atoms with Gasteiger partial charge in [-0.05, 0) is 12.1 Å². The van der Waals surface area contributed by atoms with Crippen molar-refractivity contribution >= 4 is 23.1 Å². The Morgan fingerprint density at radius 3 is 1.82 bits per heavy atom. The molecule has 11 heavy (non-hydrogen) atoms. The molecular weight excluding hydrogens is 202 g/mol. The number of phenols is 1. The number of hydrogen-bond acceptors (Lipinski definition) is 1. The van der Waals surface area contributed by atoms with E-state index < -0.39 is 5.82 Å². The second kappa shape index (κ2) is 8.39. The number of hydrogen-bond donors (Lipinski definition) is 1. The Kier molecular flexibility index (Phi) is 13.3. The Bertz CT molecular complexity index is 177. The van der Waals surface area contributed by atoms with Crippen molar-refractivity contribution in [2.24, 2.45) is 0 Å². The molecule has 0 aliphatic heterocycles. The second-order valence-electron chi connectivity index (χ2n) is 1.45. The first-order chi connectivity index (χ1) is 3.80. The Balaban J connectivity index is -0.000000213. The quantitative estimate of drug-likeness (QED) is 0.423. The summed E-state index contributed by atoms with van der Waals surface area (Å²) in [7, 11) is 0. The van der Waals surface area contributed by atoms with Crippen molar-refractivity contribution in [2.75, 3.05) is 0 Å². The number of para-hydroxylation sites is 1. The monoisotopic (exact) mass is 206 g/mol. The van der Waals surface area contributed by atoms with Gasteiger partial charge in [-0.25, -0.2) is 4.39 Å². The molecule has 0 spiro atoms. The van der Waals surface area contributed by atoms with Gasteiger partial charge in [0.2, 0.25) is 0 Å². The van der Waals surface area contributed by atoms with E-state index in [4.69, 9.17) is 5.11 Å². The SMILES string of the molecule is Oc1ccccc1F.[Cl-].[Cl-].[Mg+2]. The molecule has 1 N–H and O–H groups in total. The fourth-order valence-electron chi connectivity index (χ4n) is 0.452. The van der Waals surface area contributed by atoms with Crippen molar-refractivity contribution in [2.45, 2.75) is 0 Å². The topological polar surface area (TPSA) is 20.2 Å². The molecule has 58 valence electrons. The molecule has 0 amide bonds. The van der Waals surface area contributed by atoms with Gasteiger partial charge >= 0.3 is 23.1 Å². The summed E-state index contributed by atoms with van der Waals surface area (Å²) in [6.07, 6.45) is 0. The molecule has 0 radical (unpaired) electrons. The van der Waals surface area contributed by atoms with E-state index >= 15 is 0 Å². The largest absolute Gasteiger partial charge is 2.00 e. The third kappa shape index (κ3) is 5.55. The smallest absolute Gasteiger partial charge is 1.00 e. The van der Waals surface area contributed by atoms with Gasteiger partial charge < -0.3 is 29.9 Å². The van der Waals surface area contributed by atoms with Gasteiger partial charge in [0, 0.05) is 0 Å². The van der Waals surface area contributed by atoms with Crippen LogP contribution in [-0.2, 0) is 0 Å². The average molecular weight is 207 g/mol. The van der Waals surface area contributed by atoms with Gasteiger partial charge in [0.1, 0.15) is 0 Å². The standard InChI is InChI=1S/C6H5FO.2ClH.Mg/c7-5-3-1-2-4-6(5)8;;;/h1-4,8H;2*1H;/q;;;+2/p-2. The van der Waals surface area contributed by atoms with Crippen LogP contribution in [-0.4, -0.2) is 28.2 Å². The van der Waals surface area contributed by atoms with Crippen LogP contribution in [0.2, 0.25) is 0 Å². The van der Waals surface area contributed by atoms with Crippen molar-refractivity contribution in [3.63, 3.8) is 0 Å². The van der Waals surface area contributed by atoms with E-state index in [1.807, 2.05) is 0 Å². The van der Waals surface area contributed by atoms with Gasteiger partial charge in [0.25, 0.3) is 0 Å². The number of rotatable bonds is 0. The number of aromatic hydroxyl groups is 1. The molecule has 0 unspecified atom stereocenters. The summed E-state index contributed by atoms with van der Waals surface area (Å²) in [6, 6.07) is 5.60. The first-order valence-corrected chi connectivity index (χ1v) is 2.24. The van der Waals surface area contributed by atoms with E-state index in [0.29, 0.717) is 0 Å². The Labute approximate surface area is 93.0 Å². The molecule has 0 bridgehead atoms. The summed E-state index contributed by atoms with van der Waals surface area (Å²) in [4.78, 5) is 0. The molecule has 0 aliphatic rings. The van der Waals surface area contributed by atoms with Crippen LogP contribution < -0.4 is 24.8 Å². The summed E-state index contributed by atoms with van der Waals surface area (Å²) < 4.78 is 12.1. The molecule has 5 heteroatoms. The maximum absolute atomic E-state index is 12.1. The van der Waals surface area contributed by atoms with Gasteiger partial charge in [0.05, 0.1) is 0 Å². The third-order valence-corrected chi connectivity index (χ3v) is 0.852. The Morgan fingerprint density at radius 1 is 1.09 bits per heavy atom. The van der Waals surface area contributed by atoms with Crippen molar-refractivity contribution in [1.29, 1.82) is 0 Å². The summed E-state index contributed by atoms with van der Waals surface area (Å²) >= 11 is 0. The van der Waals surface area contributed by atoms with Gasteiger partial charge in [-0.15, -0.1) is 0 Å². The Hall–Kier alpha value is 0.296. The van der Waals surface area contributed by atoms with E-state index in [9.17, 15) is 4.39 Å². The van der Waals surface area contributed by atoms with Gasteiger partial charge in [-0.2, -0.15) is 0 Å². The number of halogens is 3. The molecule has 0 atom stereocenters. The fraction of sp³-hybridized carbons (Fsp3) is 0. The summed E-state index contributed by atoms with van der Waals surface area (Å²) in [5, 5.41) is 8.54. The Morgan fingerprint density at radius 2 is 1.55 bits per heavy atom.